The fourth-order valence-electron chi connectivity index (χ4n) is 2.18. The number of aromatic nitrogens is 2. The van der Waals surface area contributed by atoms with Crippen molar-refractivity contribution in [1.82, 2.24) is 9.78 Å². The molecule has 0 saturated heterocycles. The third-order valence-corrected chi connectivity index (χ3v) is 4.98. The molecule has 1 heterocycles. The fourth-order valence-corrected chi connectivity index (χ4v) is 2.54. The molecule has 0 bridgehead atoms. The molecule has 2 aromatic rings. The van der Waals surface area contributed by atoms with Crippen LogP contribution in [0.5, 0.6) is 0 Å². The molecule has 4 nitrogen and oxygen atoms in total. The number of anilines is 1. The van der Waals surface area contributed by atoms with Crippen molar-refractivity contribution in [2.24, 2.45) is 5.41 Å². The third-order valence-electron chi connectivity index (χ3n) is 4.04. The number of rotatable bonds is 3. The van der Waals surface area contributed by atoms with Gasteiger partial charge in [-0.25, -0.2) is 13.5 Å². The minimum atomic E-state index is -0.670. The van der Waals surface area contributed by atoms with Crippen molar-refractivity contribution in [1.29, 1.82) is 0 Å². The smallest absolute Gasteiger partial charge is 0.230 e. The normalized spacial score (nSPS) is 15.7. The molecule has 0 spiro atoms. The van der Waals surface area contributed by atoms with Crippen LogP contribution in [0.2, 0.25) is 0 Å². The first kappa shape index (κ1) is 15.1. The zero-order chi connectivity index (χ0) is 16.1. The molecule has 1 aromatic heterocycles. The highest BCUT2D eigenvalue weighted by Gasteiger charge is 2.45. The molecule has 1 aromatic carbocycles. The maximum absolute atomic E-state index is 14.6. The van der Waals surface area contributed by atoms with E-state index in [0.717, 1.165) is 12.8 Å². The summed E-state index contributed by atoms with van der Waals surface area (Å²) in [6, 6.07) is 1.60. The summed E-state index contributed by atoms with van der Waals surface area (Å²) in [6.45, 7) is 3.25. The van der Waals surface area contributed by atoms with Gasteiger partial charge in [0.25, 0.3) is 0 Å². The molecule has 7 heteroatoms. The van der Waals surface area contributed by atoms with Crippen molar-refractivity contribution in [3.05, 3.63) is 40.1 Å². The van der Waals surface area contributed by atoms with E-state index in [1.807, 2.05) is 0 Å². The quantitative estimate of drug-likeness (QED) is 0.832. The van der Waals surface area contributed by atoms with Crippen LogP contribution in [0.15, 0.2) is 22.9 Å². The van der Waals surface area contributed by atoms with Crippen molar-refractivity contribution in [3.8, 4) is 5.69 Å². The van der Waals surface area contributed by atoms with E-state index in [4.69, 9.17) is 0 Å². The molecule has 1 amide bonds. The summed E-state index contributed by atoms with van der Waals surface area (Å²) in [5, 5.41) is 6.49. The Bertz CT molecular complexity index is 755. The second-order valence-corrected chi connectivity index (χ2v) is 6.55. The lowest BCUT2D eigenvalue weighted by Crippen LogP contribution is -2.24. The van der Waals surface area contributed by atoms with E-state index in [0.29, 0.717) is 0 Å². The molecule has 0 aliphatic heterocycles. The number of amides is 1. The van der Waals surface area contributed by atoms with Gasteiger partial charge in [-0.2, -0.15) is 5.10 Å². The van der Waals surface area contributed by atoms with Gasteiger partial charge in [0, 0.05) is 23.4 Å². The van der Waals surface area contributed by atoms with E-state index in [-0.39, 0.29) is 27.3 Å². The Morgan fingerprint density at radius 3 is 2.64 bits per heavy atom. The Labute approximate surface area is 134 Å². The minimum absolute atomic E-state index is 0.0196. The van der Waals surface area contributed by atoms with Gasteiger partial charge in [0.05, 0.1) is 4.47 Å². The highest BCUT2D eigenvalue weighted by molar-refractivity contribution is 9.10. The molecule has 0 atom stereocenters. The monoisotopic (exact) mass is 369 g/mol. The Hall–Kier alpha value is -1.76. The van der Waals surface area contributed by atoms with Crippen LogP contribution >= 0.6 is 15.9 Å². The van der Waals surface area contributed by atoms with Gasteiger partial charge >= 0.3 is 0 Å². The molecular weight excluding hydrogens is 356 g/mol. The first-order valence-corrected chi connectivity index (χ1v) is 7.63. The summed E-state index contributed by atoms with van der Waals surface area (Å²) in [6.07, 6.45) is 4.44. The fraction of sp³-hybridized carbons (Fsp3) is 0.333. The van der Waals surface area contributed by atoms with E-state index >= 15 is 0 Å². The van der Waals surface area contributed by atoms with Crippen LogP contribution in [0.3, 0.4) is 0 Å². The molecule has 116 valence electrons. The average Bonchev–Trinajstić information content (AvgIpc) is 3.02. The predicted molar refractivity (Wildman–Crippen MR) is 81.9 cm³/mol. The molecule has 1 aliphatic carbocycles. The van der Waals surface area contributed by atoms with Gasteiger partial charge in [0.15, 0.2) is 11.6 Å². The maximum Gasteiger partial charge on any atom is 0.230 e. The Balaban J connectivity index is 2.16. The van der Waals surface area contributed by atoms with E-state index in [9.17, 15) is 13.6 Å². The SMILES string of the molecule is Cc1c(F)c(NC(=O)C2(C)CC2)c(-n2cccn2)c(F)c1Br. The van der Waals surface area contributed by atoms with Crippen LogP contribution < -0.4 is 5.32 Å². The summed E-state index contributed by atoms with van der Waals surface area (Å²) in [5.74, 6) is -1.64. The van der Waals surface area contributed by atoms with Gasteiger partial charge in [-0.1, -0.05) is 6.92 Å². The summed E-state index contributed by atoms with van der Waals surface area (Å²) in [7, 11) is 0. The topological polar surface area (TPSA) is 46.9 Å². The summed E-state index contributed by atoms with van der Waals surface area (Å²) < 4.78 is 30.4. The Morgan fingerprint density at radius 2 is 2.09 bits per heavy atom. The zero-order valence-corrected chi connectivity index (χ0v) is 13.7. The van der Waals surface area contributed by atoms with Crippen molar-refractivity contribution in [3.63, 3.8) is 0 Å². The van der Waals surface area contributed by atoms with Crippen LogP contribution in [0.25, 0.3) is 5.69 Å². The number of benzene rings is 1. The highest BCUT2D eigenvalue weighted by atomic mass is 79.9. The second kappa shape index (κ2) is 5.15. The number of hydrogen-bond donors (Lipinski definition) is 1. The van der Waals surface area contributed by atoms with Gasteiger partial charge < -0.3 is 5.32 Å². The number of hydrogen-bond acceptors (Lipinski definition) is 2. The highest BCUT2D eigenvalue weighted by Crippen LogP contribution is 2.46. The molecule has 1 N–H and O–H groups in total. The van der Waals surface area contributed by atoms with E-state index < -0.39 is 17.0 Å². The first-order chi connectivity index (χ1) is 10.3. The lowest BCUT2D eigenvalue weighted by molar-refractivity contribution is -0.120. The largest absolute Gasteiger partial charge is 0.321 e. The minimum Gasteiger partial charge on any atom is -0.321 e. The second-order valence-electron chi connectivity index (χ2n) is 5.76. The number of nitrogens with zero attached hydrogens (tertiary/aromatic N) is 2. The van der Waals surface area contributed by atoms with E-state index in [2.05, 4.69) is 26.3 Å². The molecule has 1 aliphatic rings. The van der Waals surface area contributed by atoms with Gasteiger partial charge in [0.1, 0.15) is 11.4 Å². The van der Waals surface area contributed by atoms with Crippen LogP contribution in [0, 0.1) is 24.0 Å². The van der Waals surface area contributed by atoms with Crippen LogP contribution in [0.1, 0.15) is 25.3 Å². The summed E-state index contributed by atoms with van der Waals surface area (Å²) >= 11 is 3.05. The number of carbonyl (C=O) groups excluding carboxylic acids is 1. The lowest BCUT2D eigenvalue weighted by Gasteiger charge is -2.18. The van der Waals surface area contributed by atoms with Crippen LogP contribution in [-0.2, 0) is 4.79 Å². The molecule has 0 unspecified atom stereocenters. The van der Waals surface area contributed by atoms with E-state index in [1.165, 1.54) is 24.0 Å². The van der Waals surface area contributed by atoms with Crippen molar-refractivity contribution >= 4 is 27.5 Å². The molecule has 22 heavy (non-hydrogen) atoms. The number of nitrogens with one attached hydrogen (secondary N) is 1. The van der Waals surface area contributed by atoms with Crippen molar-refractivity contribution < 1.29 is 13.6 Å². The molecular formula is C15H14BrF2N3O. The van der Waals surface area contributed by atoms with Crippen LogP contribution in [0.4, 0.5) is 14.5 Å². The Kier molecular flexibility index (Phi) is 3.55. The summed E-state index contributed by atoms with van der Waals surface area (Å²) in [5.41, 5.74) is -0.687. The predicted octanol–water partition coefficient (Wildman–Crippen LogP) is 3.96. The molecule has 1 fully saturated rings. The molecule has 1 saturated carbocycles. The van der Waals surface area contributed by atoms with E-state index in [1.54, 1.807) is 13.0 Å². The van der Waals surface area contributed by atoms with Crippen molar-refractivity contribution in [2.45, 2.75) is 26.7 Å². The van der Waals surface area contributed by atoms with Gasteiger partial charge in [-0.3, -0.25) is 4.79 Å². The average molecular weight is 370 g/mol. The zero-order valence-electron chi connectivity index (χ0n) is 12.1. The summed E-state index contributed by atoms with van der Waals surface area (Å²) in [4.78, 5) is 12.2. The number of carbonyl (C=O) groups is 1. The lowest BCUT2D eigenvalue weighted by atomic mass is 10.1. The third kappa shape index (κ3) is 2.33. The molecule has 0 radical (unpaired) electrons. The van der Waals surface area contributed by atoms with Crippen LogP contribution in [-0.4, -0.2) is 15.7 Å². The molecule has 3 rings (SSSR count). The van der Waals surface area contributed by atoms with Gasteiger partial charge in [0.2, 0.25) is 5.91 Å². The van der Waals surface area contributed by atoms with Gasteiger partial charge in [-0.05, 0) is 41.8 Å². The maximum atomic E-state index is 14.6. The first-order valence-electron chi connectivity index (χ1n) is 6.83. The van der Waals surface area contributed by atoms with Crippen molar-refractivity contribution in [2.75, 3.05) is 5.32 Å². The standard InChI is InChI=1S/C15H14BrF2N3O/c1-8-9(16)11(18)13(21-7-3-6-19-21)12(10(8)17)20-14(22)15(2)4-5-15/h3,6-7H,4-5H2,1-2H3,(H,20,22). The number of halogens is 3. The van der Waals surface area contributed by atoms with Gasteiger partial charge in [-0.15, -0.1) is 0 Å². The Morgan fingerprint density at radius 1 is 1.41 bits per heavy atom.